The summed E-state index contributed by atoms with van der Waals surface area (Å²) >= 11 is 0. The Hall–Kier alpha value is -3.51. The first-order chi connectivity index (χ1) is 20.5. The number of nitrogens with zero attached hydrogens (tertiary/aromatic N) is 3. The molecule has 2 aromatic carbocycles. The first-order valence-corrected chi connectivity index (χ1v) is 18.3. The summed E-state index contributed by atoms with van der Waals surface area (Å²) in [5.41, 5.74) is 7.13. The maximum absolute atomic E-state index is 14.1. The van der Waals surface area contributed by atoms with Gasteiger partial charge in [0, 0.05) is 38.7 Å². The fourth-order valence-electron chi connectivity index (χ4n) is 5.24. The normalized spacial score (nSPS) is 11.5. The quantitative estimate of drug-likeness (QED) is 0.125. The minimum Gasteiger partial charge on any atom is -0.486 e. The van der Waals surface area contributed by atoms with Crippen LogP contribution in [0.3, 0.4) is 0 Å². The molecule has 6 rings (SSSR count). The number of pyridine rings is 3. The molecule has 0 spiro atoms. The van der Waals surface area contributed by atoms with Gasteiger partial charge >= 0.3 is 0 Å². The molecule has 44 heavy (non-hydrogen) atoms. The van der Waals surface area contributed by atoms with Crippen LogP contribution < -0.4 is 5.19 Å². The van der Waals surface area contributed by atoms with Gasteiger partial charge < -0.3 is 14.4 Å². The third-order valence-corrected chi connectivity index (χ3v) is 9.47. The van der Waals surface area contributed by atoms with Gasteiger partial charge in [0.25, 0.3) is 0 Å². The summed E-state index contributed by atoms with van der Waals surface area (Å²) in [5, 5.41) is 2.58. The van der Waals surface area contributed by atoms with Crippen molar-refractivity contribution in [3.8, 4) is 22.5 Å². The van der Waals surface area contributed by atoms with E-state index in [0.29, 0.717) is 33.9 Å². The van der Waals surface area contributed by atoms with Gasteiger partial charge in [-0.15, -0.1) is 54.1 Å². The molecule has 0 unspecified atom stereocenters. The van der Waals surface area contributed by atoms with Crippen molar-refractivity contribution < 1.29 is 28.9 Å². The molecular weight excluding hydrogens is 742 g/mol. The zero-order valence-corrected chi connectivity index (χ0v) is 29.7. The van der Waals surface area contributed by atoms with E-state index in [1.165, 1.54) is 28.6 Å². The van der Waals surface area contributed by atoms with E-state index in [9.17, 15) is 4.39 Å². The number of aromatic nitrogens is 3. The van der Waals surface area contributed by atoms with Crippen molar-refractivity contribution in [1.29, 1.82) is 0 Å². The van der Waals surface area contributed by atoms with Crippen LogP contribution in [0.1, 0.15) is 44.7 Å². The van der Waals surface area contributed by atoms with Gasteiger partial charge in [-0.25, -0.2) is 9.37 Å². The average molecular weight is 780 g/mol. The smallest absolute Gasteiger partial charge is 0.219 e. The molecule has 0 amide bonds. The van der Waals surface area contributed by atoms with Gasteiger partial charge in [0.2, 0.25) is 5.71 Å². The van der Waals surface area contributed by atoms with E-state index >= 15 is 0 Å². The summed E-state index contributed by atoms with van der Waals surface area (Å²) in [6, 6.07) is 25.7. The van der Waals surface area contributed by atoms with Crippen LogP contribution in [0.15, 0.2) is 83.7 Å². The predicted molar refractivity (Wildman–Crippen MR) is 178 cm³/mol. The van der Waals surface area contributed by atoms with Gasteiger partial charge in [-0.05, 0) is 47.0 Å². The van der Waals surface area contributed by atoms with Crippen molar-refractivity contribution in [2.75, 3.05) is 0 Å². The first-order valence-electron chi connectivity index (χ1n) is 14.8. The molecule has 0 saturated heterocycles. The summed E-state index contributed by atoms with van der Waals surface area (Å²) in [5.74, 6) is 0.723. The molecule has 0 atom stereocenters. The Labute approximate surface area is 274 Å². The molecular formula is C37H38FIrN3OSi-2. The van der Waals surface area contributed by atoms with Gasteiger partial charge in [-0.1, -0.05) is 81.5 Å². The van der Waals surface area contributed by atoms with Crippen LogP contribution in [-0.2, 0) is 26.5 Å². The van der Waals surface area contributed by atoms with E-state index in [1.54, 1.807) is 18.3 Å². The number of fused-ring (bicyclic) bond motifs is 3. The molecule has 6 aromatic rings. The molecule has 0 bridgehead atoms. The van der Waals surface area contributed by atoms with Crippen molar-refractivity contribution in [3.05, 3.63) is 108 Å². The number of halogens is 1. The maximum Gasteiger partial charge on any atom is 0.219 e. The van der Waals surface area contributed by atoms with Crippen molar-refractivity contribution in [3.63, 3.8) is 0 Å². The second kappa shape index (κ2) is 14.1. The topological polar surface area (TPSA) is 51.8 Å². The van der Waals surface area contributed by atoms with E-state index in [0.717, 1.165) is 28.9 Å². The zero-order chi connectivity index (χ0) is 30.7. The van der Waals surface area contributed by atoms with Crippen LogP contribution >= 0.6 is 0 Å². The monoisotopic (exact) mass is 780 g/mol. The van der Waals surface area contributed by atoms with Crippen LogP contribution in [0, 0.1) is 23.9 Å². The Bertz CT molecular complexity index is 1860. The van der Waals surface area contributed by atoms with Gasteiger partial charge in [0.15, 0.2) is 0 Å². The Balaban J connectivity index is 0.000000199. The Morgan fingerprint density at radius 2 is 1.64 bits per heavy atom. The summed E-state index contributed by atoms with van der Waals surface area (Å²) < 4.78 is 19.9. The van der Waals surface area contributed by atoms with Crippen molar-refractivity contribution in [2.24, 2.45) is 5.92 Å². The predicted octanol–water partition coefficient (Wildman–Crippen LogP) is 9.40. The van der Waals surface area contributed by atoms with E-state index in [1.807, 2.05) is 30.3 Å². The van der Waals surface area contributed by atoms with Crippen molar-refractivity contribution in [1.82, 2.24) is 15.0 Å². The van der Waals surface area contributed by atoms with Crippen LogP contribution in [-0.4, -0.2) is 23.0 Å². The number of furan rings is 1. The summed E-state index contributed by atoms with van der Waals surface area (Å²) in [6.45, 7) is 16.0. The van der Waals surface area contributed by atoms with E-state index in [-0.39, 0.29) is 25.9 Å². The van der Waals surface area contributed by atoms with Gasteiger partial charge in [-0.2, -0.15) is 0 Å². The second-order valence-corrected chi connectivity index (χ2v) is 17.7. The Morgan fingerprint density at radius 1 is 0.864 bits per heavy atom. The standard InChI is InChI=1S/C19H14FN2O.C18H24NSi.Ir/c1-11(2)12-6-8-21-16(10-12)13-4-3-5-14-17-15(20)7-9-22-19(17)23-18(13)14;1-14(2)11-16-12-17(15-9-7-6-8-10-15)19-13-18(16)20(3,4)5;/h3,5-11H,1-2H3;6-9,12-14H,11H2,1-5H3;/q2*-1;. The van der Waals surface area contributed by atoms with E-state index in [4.69, 9.17) is 4.42 Å². The first kappa shape index (κ1) is 33.4. The largest absolute Gasteiger partial charge is 0.486 e. The molecule has 229 valence electrons. The molecule has 7 heteroatoms. The summed E-state index contributed by atoms with van der Waals surface area (Å²) in [6.07, 6.45) is 6.42. The van der Waals surface area contributed by atoms with Gasteiger partial charge in [-0.3, -0.25) is 0 Å². The molecule has 0 aliphatic heterocycles. The van der Waals surface area contributed by atoms with Gasteiger partial charge in [0.1, 0.15) is 5.82 Å². The van der Waals surface area contributed by atoms with Gasteiger partial charge in [0.05, 0.1) is 19.0 Å². The number of benzene rings is 2. The molecule has 0 aliphatic rings. The molecule has 4 nitrogen and oxygen atoms in total. The Kier molecular flexibility index (Phi) is 10.7. The third kappa shape index (κ3) is 7.40. The summed E-state index contributed by atoms with van der Waals surface area (Å²) in [7, 11) is -1.34. The summed E-state index contributed by atoms with van der Waals surface area (Å²) in [4.78, 5) is 13.2. The van der Waals surface area contributed by atoms with Crippen LogP contribution in [0.2, 0.25) is 19.6 Å². The fraction of sp³-hybridized carbons (Fsp3) is 0.270. The molecule has 0 fully saturated rings. The molecule has 4 heterocycles. The number of rotatable bonds is 6. The second-order valence-electron chi connectivity index (χ2n) is 12.7. The van der Waals surface area contributed by atoms with E-state index in [2.05, 4.69) is 92.8 Å². The number of hydrogen-bond acceptors (Lipinski definition) is 4. The van der Waals surface area contributed by atoms with E-state index < -0.39 is 8.07 Å². The molecule has 0 saturated carbocycles. The Morgan fingerprint density at radius 3 is 2.32 bits per heavy atom. The van der Waals surface area contributed by atoms with Crippen molar-refractivity contribution >= 4 is 35.3 Å². The van der Waals surface area contributed by atoms with Crippen LogP contribution in [0.25, 0.3) is 44.6 Å². The minimum atomic E-state index is -1.34. The molecule has 0 aliphatic carbocycles. The minimum absolute atomic E-state index is 0. The fourth-order valence-corrected chi connectivity index (χ4v) is 6.83. The SMILES string of the molecule is CC(C)Cc1cc(-c2[c-]cccc2)ncc1[Si](C)(C)C.CC(C)c1ccnc(-c2[c-]ccc3c2oc2nccc(F)c23)c1.[Ir]. The number of hydrogen-bond donors (Lipinski definition) is 0. The molecule has 0 N–H and O–H groups in total. The third-order valence-electron chi connectivity index (χ3n) is 7.40. The average Bonchev–Trinajstić information content (AvgIpc) is 3.37. The van der Waals surface area contributed by atoms with Crippen LogP contribution in [0.5, 0.6) is 0 Å². The maximum atomic E-state index is 14.1. The zero-order valence-electron chi connectivity index (χ0n) is 26.3. The van der Waals surface area contributed by atoms with Crippen LogP contribution in [0.4, 0.5) is 4.39 Å². The van der Waals surface area contributed by atoms with Crippen molar-refractivity contribution in [2.45, 2.75) is 59.7 Å². The molecule has 1 radical (unpaired) electrons. The molecule has 4 aromatic heterocycles.